The van der Waals surface area contributed by atoms with Crippen LogP contribution in [0.5, 0.6) is 23.0 Å². The molecule has 0 spiro atoms. The first-order valence-electron chi connectivity index (χ1n) is 38.2. The lowest BCUT2D eigenvalue weighted by Gasteiger charge is -2.31. The summed E-state index contributed by atoms with van der Waals surface area (Å²) in [5.41, 5.74) is 9.37. The molecular formula is C78H108N10O25S. The highest BCUT2D eigenvalue weighted by Crippen LogP contribution is 2.43. The number of carboxylic acids is 1. The van der Waals surface area contributed by atoms with E-state index in [-0.39, 0.29) is 124 Å². The molecule has 0 aliphatic carbocycles. The number of benzene rings is 3. The highest BCUT2D eigenvalue weighted by Gasteiger charge is 2.46. The van der Waals surface area contributed by atoms with Crippen LogP contribution in [0, 0.1) is 5.92 Å². The molecule has 35 nitrogen and oxygen atoms in total. The number of aliphatic imine (C=N–C) groups is 1. The van der Waals surface area contributed by atoms with Crippen LogP contribution in [0.1, 0.15) is 112 Å². The van der Waals surface area contributed by atoms with Gasteiger partial charge in [0.05, 0.1) is 173 Å². The number of amides is 9. The van der Waals surface area contributed by atoms with Crippen molar-refractivity contribution >= 4 is 94.4 Å². The number of carbonyl (C=O) groups excluding carboxylic acids is 9. The average molecular weight is 1620 g/mol. The van der Waals surface area contributed by atoms with Crippen molar-refractivity contribution in [1.29, 1.82) is 0 Å². The summed E-state index contributed by atoms with van der Waals surface area (Å²) in [5, 5.41) is 31.0. The predicted molar refractivity (Wildman–Crippen MR) is 416 cm³/mol. The van der Waals surface area contributed by atoms with Gasteiger partial charge in [0, 0.05) is 74.5 Å². The van der Waals surface area contributed by atoms with Crippen LogP contribution in [0.2, 0.25) is 0 Å². The number of nitrogens with two attached hydrogens (primary N) is 1. The molecular weight excluding hydrogens is 1510 g/mol. The number of nitrogens with one attached hydrogen (secondary N) is 4. The molecule has 0 saturated carbocycles. The predicted octanol–water partition coefficient (Wildman–Crippen LogP) is 4.65. The minimum Gasteiger partial charge on any atom is -0.493 e. The van der Waals surface area contributed by atoms with E-state index in [2.05, 4.69) is 26.3 Å². The normalized spacial score (nSPS) is 17.7. The molecule has 0 bridgehead atoms. The summed E-state index contributed by atoms with van der Waals surface area (Å²) >= 11 is 1.02. The number of methoxy groups -OCH3 is 2. The Labute approximate surface area is 666 Å². The molecule has 9 amide bonds. The number of hydrogen-bond donors (Lipinski definition) is 7. The molecule has 8 N–H and O–H groups in total. The minimum atomic E-state index is -1.53. The lowest BCUT2D eigenvalue weighted by molar-refractivity contribution is -0.139. The van der Waals surface area contributed by atoms with Crippen LogP contribution in [0.4, 0.5) is 21.9 Å². The van der Waals surface area contributed by atoms with Gasteiger partial charge in [-0.3, -0.25) is 53.0 Å². The number of thioether (sulfide) groups is 1. The van der Waals surface area contributed by atoms with E-state index < -0.39 is 83.2 Å². The molecule has 8 rings (SSSR count). The maximum atomic E-state index is 14.3. The number of carbonyl (C=O) groups is 10. The summed E-state index contributed by atoms with van der Waals surface area (Å²) in [6.07, 6.45) is 5.60. The van der Waals surface area contributed by atoms with Gasteiger partial charge in [-0.1, -0.05) is 37.1 Å². The summed E-state index contributed by atoms with van der Waals surface area (Å²) in [7, 11) is 2.96. The monoisotopic (exact) mass is 1620 g/mol. The van der Waals surface area contributed by atoms with E-state index in [4.69, 9.17) is 72.4 Å². The number of rotatable bonds is 52. The molecule has 36 heteroatoms. The molecule has 3 aromatic carbocycles. The summed E-state index contributed by atoms with van der Waals surface area (Å²) in [6, 6.07) is 8.74. The molecule has 3 aromatic rings. The maximum Gasteiger partial charge on any atom is 0.416 e. The third kappa shape index (κ3) is 27.4. The molecule has 5 heterocycles. The van der Waals surface area contributed by atoms with Crippen molar-refractivity contribution in [2.24, 2.45) is 16.6 Å². The minimum absolute atomic E-state index is 0.00805. The second-order valence-electron chi connectivity index (χ2n) is 27.6. The molecule has 1 fully saturated rings. The van der Waals surface area contributed by atoms with Gasteiger partial charge in [0.25, 0.3) is 11.8 Å². The number of likely N-dealkylation sites (tertiary alicyclic amines) is 1. The average Bonchev–Trinajstić information content (AvgIpc) is 1.71. The highest BCUT2D eigenvalue weighted by atomic mass is 32.2. The number of fused-ring (bicyclic) bond motifs is 4. The number of ether oxygens (including phenoxy) is 13. The first kappa shape index (κ1) is 90.2. The van der Waals surface area contributed by atoms with Crippen molar-refractivity contribution in [2.45, 2.75) is 134 Å². The summed E-state index contributed by atoms with van der Waals surface area (Å²) in [4.78, 5) is 139. The number of aliphatic hydroxyl groups excluding tert-OH is 1. The molecule has 626 valence electrons. The van der Waals surface area contributed by atoms with Crippen molar-refractivity contribution in [2.75, 3.05) is 162 Å². The third-order valence-corrected chi connectivity index (χ3v) is 19.9. The summed E-state index contributed by atoms with van der Waals surface area (Å²) < 4.78 is 73.6. The topological polar surface area (TPSA) is 431 Å². The molecule has 5 aliphatic rings. The van der Waals surface area contributed by atoms with Gasteiger partial charge in [-0.05, 0) is 88.6 Å². The maximum absolute atomic E-state index is 14.3. The smallest absolute Gasteiger partial charge is 0.416 e. The van der Waals surface area contributed by atoms with Crippen molar-refractivity contribution in [3.63, 3.8) is 0 Å². The standard InChI is InChI=1S/C78H108N10O25S/c1-49(2)70(84-68(90)16-21-103-23-25-105-27-29-107-31-33-109-35-36-110-34-32-108-30-28-106-26-24-104-22-17-80-67(89)15-18-85-69(91)43-66(76(85)97)114-48-58(79)77(98)99)72(93)82-52(5)71(92)83-54-13-11-53(12-14-54)47-113-78(100)88-60-42-65(63(102-7)40-57(60)74(95)87-46-51(4)38-61(87)75(88)96)112-20-10-8-9-19-111-64-41-59-56(39-62(64)101-6)73(94)86-45-50(3)37-55(86)44-81-59/h11-14,39-42,44-46,49,52,55,58,61,66,70,75,96H,8-10,15-38,43,47-48,79H2,1-7H3,(H,80,89)(H,82,93)(H,83,92)(H,84,90)(H,98,99)/t52-,55-,58-,61-,66?,70-,75-/m0/s1. The van der Waals surface area contributed by atoms with Crippen LogP contribution in [0.3, 0.4) is 0 Å². The Hall–Kier alpha value is -9.34. The molecule has 5 aliphatic heterocycles. The van der Waals surface area contributed by atoms with Gasteiger partial charge < -0.3 is 109 Å². The number of unbranched alkanes of at least 4 members (excludes halogenated alkanes) is 2. The van der Waals surface area contributed by atoms with Gasteiger partial charge in [-0.15, -0.1) is 11.8 Å². The molecule has 0 radical (unpaired) electrons. The zero-order valence-corrected chi connectivity index (χ0v) is 66.5. The molecule has 7 atom stereocenters. The lowest BCUT2D eigenvalue weighted by atomic mass is 10.0. The van der Waals surface area contributed by atoms with Gasteiger partial charge in [0.15, 0.2) is 29.2 Å². The van der Waals surface area contributed by atoms with Crippen molar-refractivity contribution in [3.8, 4) is 23.0 Å². The van der Waals surface area contributed by atoms with E-state index in [1.165, 1.54) is 38.2 Å². The number of nitrogens with zero attached hydrogens (tertiary/aromatic N) is 5. The quantitative estimate of drug-likeness (QED) is 0.0299. The van der Waals surface area contributed by atoms with Crippen molar-refractivity contribution < 1.29 is 120 Å². The number of anilines is 2. The summed E-state index contributed by atoms with van der Waals surface area (Å²) in [6.45, 7) is 14.4. The second kappa shape index (κ2) is 46.9. The van der Waals surface area contributed by atoms with E-state index in [0.717, 1.165) is 39.1 Å². The van der Waals surface area contributed by atoms with E-state index in [1.54, 1.807) is 67.6 Å². The summed E-state index contributed by atoms with van der Waals surface area (Å²) in [5.74, 6) is -3.51. The van der Waals surface area contributed by atoms with E-state index in [9.17, 15) is 53.1 Å². The fourth-order valence-electron chi connectivity index (χ4n) is 12.4. The van der Waals surface area contributed by atoms with Crippen LogP contribution in [-0.2, 0) is 82.8 Å². The third-order valence-electron chi connectivity index (χ3n) is 18.6. The van der Waals surface area contributed by atoms with Crippen molar-refractivity contribution in [1.82, 2.24) is 30.7 Å². The van der Waals surface area contributed by atoms with Crippen LogP contribution in [0.15, 0.2) is 77.1 Å². The van der Waals surface area contributed by atoms with Crippen LogP contribution in [-0.4, -0.2) is 284 Å². The van der Waals surface area contributed by atoms with E-state index in [0.29, 0.717) is 146 Å². The number of carboxylic acid groups (broad SMARTS) is 1. The zero-order valence-electron chi connectivity index (χ0n) is 65.7. The van der Waals surface area contributed by atoms with Gasteiger partial charge in [0.2, 0.25) is 35.4 Å². The Balaban J connectivity index is 0.626. The van der Waals surface area contributed by atoms with Crippen LogP contribution in [0.25, 0.3) is 0 Å². The van der Waals surface area contributed by atoms with Crippen molar-refractivity contribution in [3.05, 3.63) is 88.8 Å². The fourth-order valence-corrected chi connectivity index (χ4v) is 13.5. The first-order chi connectivity index (χ1) is 55.0. The fraction of sp³-hybridized carbons (Fsp3) is 0.577. The van der Waals surface area contributed by atoms with Gasteiger partial charge in [0.1, 0.15) is 24.7 Å². The molecule has 114 heavy (non-hydrogen) atoms. The van der Waals surface area contributed by atoms with Gasteiger partial charge in [-0.2, -0.15) is 0 Å². The van der Waals surface area contributed by atoms with Gasteiger partial charge >= 0.3 is 12.1 Å². The first-order valence-corrected chi connectivity index (χ1v) is 39.2. The Kier molecular flexibility index (Phi) is 37.1. The Morgan fingerprint density at radius 2 is 1.16 bits per heavy atom. The molecule has 1 unspecified atom stereocenters. The highest BCUT2D eigenvalue weighted by molar-refractivity contribution is 8.00. The number of imide groups is 1. The molecule has 1 saturated heterocycles. The van der Waals surface area contributed by atoms with E-state index in [1.807, 2.05) is 20.0 Å². The Morgan fingerprint density at radius 3 is 1.74 bits per heavy atom. The molecule has 0 aromatic heterocycles. The van der Waals surface area contributed by atoms with Gasteiger partial charge in [-0.25, -0.2) is 9.69 Å². The van der Waals surface area contributed by atoms with Crippen LogP contribution >= 0.6 is 11.8 Å². The van der Waals surface area contributed by atoms with Crippen LogP contribution < -0.4 is 50.8 Å². The SMILES string of the molecule is COc1cc2c(cc1OCCCCCOc1cc3c(cc1OC)C(=O)N1C=C(C)C[C@H]1[C@H](O)N3C(=O)OCc1ccc(NC(=O)[C@H](C)NC(=O)[C@@H](NC(=O)CCOCCOCCOCCOCCOCCOCCOCCOCCNC(=O)CCN3C(=O)CC(SC[C@H](N)C(=O)O)C3=O)C(C)C)cc1)N=C[C@@H]1CC(C)=CN1C2=O. The Bertz CT molecular complexity index is 3850. The number of aliphatic carboxylic acids is 1. The lowest BCUT2D eigenvalue weighted by Crippen LogP contribution is -2.53. The second-order valence-corrected chi connectivity index (χ2v) is 28.9. The number of hydrogen-bond acceptors (Lipinski definition) is 27. The Morgan fingerprint density at radius 1 is 0.614 bits per heavy atom. The largest absolute Gasteiger partial charge is 0.493 e. The number of aliphatic hydroxyl groups is 1. The van der Waals surface area contributed by atoms with E-state index >= 15 is 0 Å². The zero-order chi connectivity index (χ0) is 82.1.